The maximum atomic E-state index is 14.1. The Hall–Kier alpha value is -4.19. The smallest absolute Gasteiger partial charge is 0.328 e. The van der Waals surface area contributed by atoms with Crippen molar-refractivity contribution in [2.45, 2.75) is 120 Å². The van der Waals surface area contributed by atoms with Crippen LogP contribution in [0.1, 0.15) is 91.8 Å². The number of benzene rings is 3. The molecule has 0 bridgehead atoms. The van der Waals surface area contributed by atoms with Gasteiger partial charge in [0.1, 0.15) is 11.6 Å². The van der Waals surface area contributed by atoms with Gasteiger partial charge in [0.2, 0.25) is 11.8 Å². The summed E-state index contributed by atoms with van der Waals surface area (Å²) in [7, 11) is 0. The Kier molecular flexibility index (Phi) is 14.3. The number of esters is 1. The van der Waals surface area contributed by atoms with Crippen LogP contribution in [0.2, 0.25) is 0 Å². The van der Waals surface area contributed by atoms with E-state index in [0.29, 0.717) is 0 Å². The molecule has 11 heteroatoms. The van der Waals surface area contributed by atoms with E-state index in [1.807, 2.05) is 68.4 Å². The van der Waals surface area contributed by atoms with Gasteiger partial charge in [-0.25, -0.2) is 4.79 Å². The number of carbonyl (C=O) groups excluding carboxylic acids is 3. The zero-order valence-corrected chi connectivity index (χ0v) is 32.6. The third-order valence-corrected chi connectivity index (χ3v) is 10.0. The highest BCUT2D eigenvalue weighted by molar-refractivity contribution is 8.02. The predicted octanol–water partition coefficient (Wildman–Crippen LogP) is 6.20. The van der Waals surface area contributed by atoms with Crippen molar-refractivity contribution in [1.82, 2.24) is 10.6 Å². The fourth-order valence-corrected chi connectivity index (χ4v) is 7.70. The molecule has 0 spiro atoms. The Morgan fingerprint density at radius 3 is 1.54 bits per heavy atom. The van der Waals surface area contributed by atoms with Gasteiger partial charge in [-0.15, -0.1) is 11.8 Å². The number of ether oxygens (including phenoxy) is 2. The van der Waals surface area contributed by atoms with Crippen LogP contribution in [0.15, 0.2) is 91.0 Å². The molecular formula is C41H55N3O7S. The number of carboxylic acid groups (broad SMARTS) is 1. The van der Waals surface area contributed by atoms with Gasteiger partial charge in [0.15, 0.2) is 6.04 Å². The summed E-state index contributed by atoms with van der Waals surface area (Å²) in [6.45, 7) is 15.8. The molecule has 0 fully saturated rings. The predicted molar refractivity (Wildman–Crippen MR) is 206 cm³/mol. The van der Waals surface area contributed by atoms with E-state index < -0.39 is 68.7 Å². The number of hydrogen-bond acceptors (Lipinski definition) is 8. The molecular weight excluding hydrogens is 679 g/mol. The fourth-order valence-electron chi connectivity index (χ4n) is 5.91. The monoisotopic (exact) mass is 733 g/mol. The summed E-state index contributed by atoms with van der Waals surface area (Å²) in [4.78, 5) is 52.9. The van der Waals surface area contributed by atoms with Gasteiger partial charge >= 0.3 is 11.9 Å². The minimum Gasteiger partial charge on any atom is -0.480 e. The molecule has 0 aliphatic heterocycles. The Balaban J connectivity index is 1.99. The second-order valence-electron chi connectivity index (χ2n) is 15.4. The van der Waals surface area contributed by atoms with E-state index in [4.69, 9.17) is 15.2 Å². The van der Waals surface area contributed by atoms with Crippen molar-refractivity contribution in [3.05, 3.63) is 108 Å². The lowest BCUT2D eigenvalue weighted by Gasteiger charge is -2.43. The molecule has 0 aliphatic rings. The van der Waals surface area contributed by atoms with Gasteiger partial charge in [-0.05, 0) is 85.4 Å². The fraction of sp³-hybridized carbons (Fsp3) is 0.463. The highest BCUT2D eigenvalue weighted by atomic mass is 32.2. The number of aliphatic carboxylic acids is 1. The lowest BCUT2D eigenvalue weighted by atomic mass is 9.84. The van der Waals surface area contributed by atoms with Crippen molar-refractivity contribution in [3.8, 4) is 0 Å². The van der Waals surface area contributed by atoms with E-state index in [2.05, 4.69) is 47.0 Å². The molecule has 5 N–H and O–H groups in total. The summed E-state index contributed by atoms with van der Waals surface area (Å²) in [5.74, 6) is -3.32. The summed E-state index contributed by atoms with van der Waals surface area (Å²) in [5, 5.41) is 15.3. The lowest BCUT2D eigenvalue weighted by molar-refractivity contribution is -0.156. The summed E-state index contributed by atoms with van der Waals surface area (Å²) < 4.78 is 9.52. The molecule has 3 rings (SSSR count). The third-order valence-electron chi connectivity index (χ3n) is 8.25. The Labute approximate surface area is 312 Å². The largest absolute Gasteiger partial charge is 0.480 e. The summed E-state index contributed by atoms with van der Waals surface area (Å²) >= 11 is 1.52. The molecule has 4 atom stereocenters. The average molecular weight is 734 g/mol. The van der Waals surface area contributed by atoms with Crippen LogP contribution in [-0.4, -0.2) is 69.0 Å². The number of carbonyl (C=O) groups is 4. The van der Waals surface area contributed by atoms with Crippen molar-refractivity contribution in [2.75, 3.05) is 0 Å². The van der Waals surface area contributed by atoms with Crippen molar-refractivity contribution < 1.29 is 33.8 Å². The van der Waals surface area contributed by atoms with Crippen LogP contribution >= 0.6 is 11.8 Å². The average Bonchev–Trinajstić information content (AvgIpc) is 3.06. The van der Waals surface area contributed by atoms with Crippen LogP contribution in [0.5, 0.6) is 0 Å². The van der Waals surface area contributed by atoms with Gasteiger partial charge < -0.3 is 30.9 Å². The van der Waals surface area contributed by atoms with Gasteiger partial charge in [0.25, 0.3) is 0 Å². The van der Waals surface area contributed by atoms with E-state index in [1.54, 1.807) is 48.5 Å². The molecule has 0 radical (unpaired) electrons. The molecule has 2 amide bonds. The van der Waals surface area contributed by atoms with E-state index in [9.17, 15) is 24.3 Å². The zero-order valence-electron chi connectivity index (χ0n) is 31.8. The van der Waals surface area contributed by atoms with Crippen LogP contribution in [0.4, 0.5) is 0 Å². The molecule has 0 saturated carbocycles. The van der Waals surface area contributed by atoms with Crippen LogP contribution in [-0.2, 0) is 33.4 Å². The van der Waals surface area contributed by atoms with Gasteiger partial charge in [-0.2, -0.15) is 0 Å². The molecule has 0 aliphatic carbocycles. The molecule has 3 aromatic rings. The number of nitrogens with two attached hydrogens (primary N) is 1. The minimum absolute atomic E-state index is 0.157. The summed E-state index contributed by atoms with van der Waals surface area (Å²) in [5.41, 5.74) is 8.32. The molecule has 52 heavy (non-hydrogen) atoms. The molecule has 282 valence electrons. The highest BCUT2D eigenvalue weighted by Gasteiger charge is 2.46. The van der Waals surface area contributed by atoms with Gasteiger partial charge in [-0.3, -0.25) is 14.4 Å². The van der Waals surface area contributed by atoms with E-state index in [0.717, 1.165) is 16.7 Å². The molecule has 10 nitrogen and oxygen atoms in total. The second-order valence-corrected chi connectivity index (χ2v) is 17.3. The maximum Gasteiger partial charge on any atom is 0.328 e. The number of amides is 2. The minimum atomic E-state index is -1.43. The lowest BCUT2D eigenvalue weighted by Crippen LogP contribution is -2.60. The summed E-state index contributed by atoms with van der Waals surface area (Å²) in [6, 6.07) is 26.1. The van der Waals surface area contributed by atoms with Crippen molar-refractivity contribution in [1.29, 1.82) is 0 Å². The first-order chi connectivity index (χ1) is 24.2. The first-order valence-electron chi connectivity index (χ1n) is 17.5. The molecule has 0 unspecified atom stereocenters. The molecule has 3 aromatic carbocycles. The number of hydrogen-bond donors (Lipinski definition) is 4. The highest BCUT2D eigenvalue weighted by Crippen LogP contribution is 2.53. The zero-order chi connectivity index (χ0) is 38.9. The van der Waals surface area contributed by atoms with Crippen LogP contribution < -0.4 is 16.4 Å². The second kappa shape index (κ2) is 17.6. The molecule has 0 heterocycles. The van der Waals surface area contributed by atoms with Crippen LogP contribution in [0, 0.1) is 0 Å². The van der Waals surface area contributed by atoms with Crippen molar-refractivity contribution in [3.63, 3.8) is 0 Å². The normalized spacial score (nSPS) is 14.7. The number of carboxylic acids is 1. The van der Waals surface area contributed by atoms with Gasteiger partial charge in [-0.1, -0.05) is 91.0 Å². The number of thioether (sulfide) groups is 1. The Bertz CT molecular complexity index is 1540. The van der Waals surface area contributed by atoms with E-state index in [1.165, 1.54) is 11.8 Å². The van der Waals surface area contributed by atoms with Crippen LogP contribution in [0.3, 0.4) is 0 Å². The van der Waals surface area contributed by atoms with E-state index >= 15 is 0 Å². The Morgan fingerprint density at radius 1 is 0.712 bits per heavy atom. The standard InChI is InChI=1S/C41H55N3O7S/c1-27(50-38(2,3)4)33(37(48)49)44-35(46)31(25-26-32(45)51-39(5,6)7)43-36(47)34(42)40(8,9)52-41(28-19-13-10-14-20-28,29-21-15-11-16-22-29)30-23-17-12-18-24-30/h10-24,27,31,33-34H,25-26,42H2,1-9H3,(H,43,47)(H,44,46)(H,48,49)/t27-,31+,33+,34-/m1/s1. The van der Waals surface area contributed by atoms with Crippen molar-refractivity contribution >= 4 is 35.5 Å². The summed E-state index contributed by atoms with van der Waals surface area (Å²) in [6.07, 6.45) is -1.29. The third kappa shape index (κ3) is 11.7. The first-order valence-corrected chi connectivity index (χ1v) is 18.3. The molecule has 0 aromatic heterocycles. The quantitative estimate of drug-likeness (QED) is 0.0995. The molecule has 0 saturated heterocycles. The Morgan fingerprint density at radius 2 is 1.15 bits per heavy atom. The van der Waals surface area contributed by atoms with Crippen LogP contribution in [0.25, 0.3) is 0 Å². The van der Waals surface area contributed by atoms with Crippen molar-refractivity contribution in [2.24, 2.45) is 5.73 Å². The maximum absolute atomic E-state index is 14.1. The van der Waals surface area contributed by atoms with E-state index in [-0.39, 0.29) is 12.8 Å². The number of rotatable bonds is 16. The van der Waals surface area contributed by atoms with Gasteiger partial charge in [0, 0.05) is 11.2 Å². The van der Waals surface area contributed by atoms with Gasteiger partial charge in [0.05, 0.1) is 22.5 Å². The number of nitrogens with one attached hydrogen (secondary N) is 2. The SMILES string of the molecule is C[C@@H](OC(C)(C)C)[C@H](NC(=O)[C@H](CCC(=O)OC(C)(C)C)NC(=O)[C@@H](N)C(C)(C)SC(c1ccccc1)(c1ccccc1)c1ccccc1)C(=O)O. The topological polar surface area (TPSA) is 157 Å². The first kappa shape index (κ1) is 42.2.